The second-order valence-corrected chi connectivity index (χ2v) is 1.70. The van der Waals surface area contributed by atoms with Crippen LogP contribution in [-0.2, 0) is 23.9 Å². The summed E-state index contributed by atoms with van der Waals surface area (Å²) >= 11 is 0. The van der Waals surface area contributed by atoms with Crippen molar-refractivity contribution >= 4 is 18.2 Å². The third-order valence-electron chi connectivity index (χ3n) is 0.882. The van der Waals surface area contributed by atoms with E-state index >= 15 is 0 Å². The minimum absolute atomic E-state index is 0.148. The molecule has 0 aliphatic heterocycles. The van der Waals surface area contributed by atoms with Crippen LogP contribution in [0.3, 0.4) is 0 Å². The summed E-state index contributed by atoms with van der Waals surface area (Å²) < 4.78 is 8.30. The maximum Gasteiger partial charge on any atom is 0.313 e. The maximum absolute atomic E-state index is 10.6. The molecule has 0 heterocycles. The highest BCUT2D eigenvalue weighted by molar-refractivity contribution is 5.96. The standard InChI is InChI=1S/C6H8O5/c1-10-6(9)2-5(8)3-11-4-7/h4H,2-3H2,1H3. The van der Waals surface area contributed by atoms with Gasteiger partial charge in [-0.2, -0.15) is 0 Å². The van der Waals surface area contributed by atoms with Gasteiger partial charge in [0.25, 0.3) is 6.47 Å². The van der Waals surface area contributed by atoms with Gasteiger partial charge in [0.1, 0.15) is 13.0 Å². The number of methoxy groups -OCH3 is 1. The van der Waals surface area contributed by atoms with Gasteiger partial charge in [-0.25, -0.2) is 0 Å². The molecule has 5 nitrogen and oxygen atoms in total. The van der Waals surface area contributed by atoms with Crippen LogP contribution in [0.15, 0.2) is 0 Å². The summed E-state index contributed by atoms with van der Waals surface area (Å²) in [4.78, 5) is 30.6. The fraction of sp³-hybridized carbons (Fsp3) is 0.500. The van der Waals surface area contributed by atoms with Crippen molar-refractivity contribution in [3.63, 3.8) is 0 Å². The number of Topliss-reactive ketones (excluding diaryl/α,β-unsaturated/α-hetero) is 1. The average molecular weight is 160 g/mol. The zero-order chi connectivity index (χ0) is 8.69. The predicted octanol–water partition coefficient (Wildman–Crippen LogP) is -0.708. The molecule has 0 rings (SSSR count). The molecule has 0 aromatic carbocycles. The lowest BCUT2D eigenvalue weighted by Gasteiger charge is -1.96. The summed E-state index contributed by atoms with van der Waals surface area (Å²) in [6.45, 7) is -0.228. The molecule has 5 heteroatoms. The molecule has 0 amide bonds. The number of ether oxygens (including phenoxy) is 2. The SMILES string of the molecule is COC(=O)CC(=O)COC=O. The Hall–Kier alpha value is -1.39. The van der Waals surface area contributed by atoms with Gasteiger partial charge in [-0.3, -0.25) is 14.4 Å². The van der Waals surface area contributed by atoms with Crippen LogP contribution in [0.5, 0.6) is 0 Å². The first-order chi connectivity index (χ1) is 5.20. The van der Waals surface area contributed by atoms with Crippen molar-refractivity contribution in [1.29, 1.82) is 0 Å². The molecule has 62 valence electrons. The third-order valence-corrected chi connectivity index (χ3v) is 0.882. The Labute approximate surface area is 63.3 Å². The van der Waals surface area contributed by atoms with Crippen LogP contribution < -0.4 is 0 Å². The number of ketones is 1. The zero-order valence-corrected chi connectivity index (χ0v) is 6.03. The van der Waals surface area contributed by atoms with E-state index in [2.05, 4.69) is 9.47 Å². The molecule has 0 saturated carbocycles. The summed E-state index contributed by atoms with van der Waals surface area (Å²) in [6.07, 6.45) is -0.357. The highest BCUT2D eigenvalue weighted by Gasteiger charge is 2.08. The van der Waals surface area contributed by atoms with Gasteiger partial charge in [0.05, 0.1) is 7.11 Å². The number of hydrogen-bond donors (Lipinski definition) is 0. The van der Waals surface area contributed by atoms with Crippen LogP contribution >= 0.6 is 0 Å². The molecule has 0 atom stereocenters. The molecule has 0 saturated heterocycles. The normalized spacial score (nSPS) is 8.45. The molecule has 0 N–H and O–H groups in total. The van der Waals surface area contributed by atoms with Crippen LogP contribution in [0.2, 0.25) is 0 Å². The number of carbonyl (C=O) groups excluding carboxylic acids is 3. The number of esters is 1. The van der Waals surface area contributed by atoms with Gasteiger partial charge in [-0.1, -0.05) is 0 Å². The van der Waals surface area contributed by atoms with Crippen molar-refractivity contribution in [2.24, 2.45) is 0 Å². The van der Waals surface area contributed by atoms with Gasteiger partial charge in [0.15, 0.2) is 5.78 Å². The molecule has 0 aliphatic rings. The summed E-state index contributed by atoms with van der Waals surface area (Å²) in [5.41, 5.74) is 0. The van der Waals surface area contributed by atoms with Crippen molar-refractivity contribution in [3.8, 4) is 0 Å². The molecule has 0 aromatic rings. The zero-order valence-electron chi connectivity index (χ0n) is 6.03. The van der Waals surface area contributed by atoms with Crippen molar-refractivity contribution in [2.75, 3.05) is 13.7 Å². The minimum atomic E-state index is -0.635. The Kier molecular flexibility index (Phi) is 4.72. The molecule has 0 spiro atoms. The summed E-state index contributed by atoms with van der Waals surface area (Å²) in [7, 11) is 1.18. The second-order valence-electron chi connectivity index (χ2n) is 1.70. The van der Waals surface area contributed by atoms with E-state index in [-0.39, 0.29) is 19.5 Å². The lowest BCUT2D eigenvalue weighted by Crippen LogP contribution is -2.14. The van der Waals surface area contributed by atoms with Gasteiger partial charge >= 0.3 is 5.97 Å². The van der Waals surface area contributed by atoms with Crippen LogP contribution in [0.25, 0.3) is 0 Å². The Morgan fingerprint density at radius 3 is 2.55 bits per heavy atom. The maximum atomic E-state index is 10.6. The second kappa shape index (κ2) is 5.40. The van der Waals surface area contributed by atoms with E-state index in [0.717, 1.165) is 0 Å². The summed E-state index contributed by atoms with van der Waals surface area (Å²) in [5.74, 6) is -1.12. The Morgan fingerprint density at radius 1 is 1.45 bits per heavy atom. The highest BCUT2D eigenvalue weighted by atomic mass is 16.5. The van der Waals surface area contributed by atoms with Gasteiger partial charge in [-0.15, -0.1) is 0 Å². The van der Waals surface area contributed by atoms with Gasteiger partial charge < -0.3 is 9.47 Å². The highest BCUT2D eigenvalue weighted by Crippen LogP contribution is 1.86. The summed E-state index contributed by atoms with van der Waals surface area (Å²) in [5, 5.41) is 0. The van der Waals surface area contributed by atoms with Crippen molar-refractivity contribution in [1.82, 2.24) is 0 Å². The lowest BCUT2D eigenvalue weighted by atomic mass is 10.3. The largest absolute Gasteiger partial charge is 0.469 e. The van der Waals surface area contributed by atoms with Crippen molar-refractivity contribution in [2.45, 2.75) is 6.42 Å². The van der Waals surface area contributed by atoms with E-state index in [1.807, 2.05) is 0 Å². The molecule has 0 aromatic heterocycles. The molecular weight excluding hydrogens is 152 g/mol. The molecule has 0 fully saturated rings. The Morgan fingerprint density at radius 2 is 2.09 bits per heavy atom. The fourth-order valence-electron chi connectivity index (χ4n) is 0.411. The molecular formula is C6H8O5. The summed E-state index contributed by atoms with van der Waals surface area (Å²) in [6, 6.07) is 0. The van der Waals surface area contributed by atoms with Crippen molar-refractivity contribution in [3.05, 3.63) is 0 Å². The van der Waals surface area contributed by atoms with E-state index < -0.39 is 11.8 Å². The van der Waals surface area contributed by atoms with Crippen LogP contribution in [0, 0.1) is 0 Å². The predicted molar refractivity (Wildman–Crippen MR) is 33.7 cm³/mol. The van der Waals surface area contributed by atoms with E-state index in [0.29, 0.717) is 0 Å². The fourth-order valence-corrected chi connectivity index (χ4v) is 0.411. The van der Waals surface area contributed by atoms with Gasteiger partial charge in [0, 0.05) is 0 Å². The first-order valence-corrected chi connectivity index (χ1v) is 2.84. The lowest BCUT2D eigenvalue weighted by molar-refractivity contribution is -0.146. The first-order valence-electron chi connectivity index (χ1n) is 2.84. The molecule has 11 heavy (non-hydrogen) atoms. The molecule has 0 aliphatic carbocycles. The third kappa shape index (κ3) is 5.07. The smallest absolute Gasteiger partial charge is 0.313 e. The van der Waals surface area contributed by atoms with E-state index in [9.17, 15) is 14.4 Å². The van der Waals surface area contributed by atoms with Crippen LogP contribution in [0.4, 0.5) is 0 Å². The van der Waals surface area contributed by atoms with Gasteiger partial charge in [-0.05, 0) is 0 Å². The molecule has 0 unspecified atom stereocenters. The monoisotopic (exact) mass is 160 g/mol. The van der Waals surface area contributed by atoms with E-state index in [1.165, 1.54) is 7.11 Å². The minimum Gasteiger partial charge on any atom is -0.469 e. The van der Waals surface area contributed by atoms with E-state index in [4.69, 9.17) is 0 Å². The first kappa shape index (κ1) is 9.61. The number of rotatable bonds is 5. The molecule has 0 radical (unpaired) electrons. The van der Waals surface area contributed by atoms with Gasteiger partial charge in [0.2, 0.25) is 0 Å². The van der Waals surface area contributed by atoms with Crippen LogP contribution in [-0.4, -0.2) is 31.9 Å². The van der Waals surface area contributed by atoms with Crippen LogP contribution in [0.1, 0.15) is 6.42 Å². The Bertz CT molecular complexity index is 162. The molecule has 0 bridgehead atoms. The average Bonchev–Trinajstić information content (AvgIpc) is 2.00. The Balaban J connectivity index is 3.51. The topological polar surface area (TPSA) is 69.7 Å². The quantitative estimate of drug-likeness (QED) is 0.302. The number of carbonyl (C=O) groups is 3. The van der Waals surface area contributed by atoms with E-state index in [1.54, 1.807) is 0 Å². The van der Waals surface area contributed by atoms with Crippen molar-refractivity contribution < 1.29 is 23.9 Å². The number of hydrogen-bond acceptors (Lipinski definition) is 5.